The van der Waals surface area contributed by atoms with Crippen molar-refractivity contribution < 1.29 is 4.74 Å². The van der Waals surface area contributed by atoms with E-state index in [-0.39, 0.29) is 6.10 Å². The van der Waals surface area contributed by atoms with Gasteiger partial charge in [-0.1, -0.05) is 0 Å². The fraction of sp³-hybridized carbons (Fsp3) is 0.438. The van der Waals surface area contributed by atoms with Crippen LogP contribution < -0.4 is 10.1 Å². The molecule has 0 spiro atoms. The van der Waals surface area contributed by atoms with Crippen LogP contribution in [0.5, 0.6) is 5.75 Å². The van der Waals surface area contributed by atoms with E-state index in [0.29, 0.717) is 6.04 Å². The molecule has 0 aliphatic heterocycles. The smallest absolute Gasteiger partial charge is 0.207 e. The highest BCUT2D eigenvalue weighted by Crippen LogP contribution is 2.38. The van der Waals surface area contributed by atoms with Crippen LogP contribution in [0.15, 0.2) is 30.5 Å². The highest BCUT2D eigenvalue weighted by molar-refractivity contribution is 5.55. The lowest BCUT2D eigenvalue weighted by molar-refractivity contribution is 0.242. The van der Waals surface area contributed by atoms with E-state index in [0.717, 1.165) is 23.1 Å². The Bertz CT molecular complexity index is 582. The molecule has 106 valence electrons. The Balaban J connectivity index is 1.74. The summed E-state index contributed by atoms with van der Waals surface area (Å²) in [4.78, 5) is 4.56. The first-order valence-electron chi connectivity index (χ1n) is 7.21. The van der Waals surface area contributed by atoms with E-state index in [1.54, 1.807) is 0 Å². The van der Waals surface area contributed by atoms with Crippen LogP contribution in [0.25, 0.3) is 0 Å². The molecule has 1 heterocycles. The lowest BCUT2D eigenvalue weighted by Crippen LogP contribution is -2.05. The SMILES string of the molecule is Cc1cn(C2CC2)c(Nc2ccc(OC(C)C)cc2)n1. The van der Waals surface area contributed by atoms with Crippen molar-refractivity contribution in [1.29, 1.82) is 0 Å². The van der Waals surface area contributed by atoms with Crippen molar-refractivity contribution in [2.75, 3.05) is 5.32 Å². The fourth-order valence-corrected chi connectivity index (χ4v) is 2.26. The first kappa shape index (κ1) is 13.0. The van der Waals surface area contributed by atoms with E-state index >= 15 is 0 Å². The molecule has 0 amide bonds. The van der Waals surface area contributed by atoms with Gasteiger partial charge in [-0.05, 0) is 57.9 Å². The summed E-state index contributed by atoms with van der Waals surface area (Å²) < 4.78 is 7.89. The van der Waals surface area contributed by atoms with Crippen molar-refractivity contribution in [2.45, 2.75) is 45.8 Å². The molecule has 0 atom stereocenters. The third-order valence-corrected chi connectivity index (χ3v) is 3.28. The van der Waals surface area contributed by atoms with Gasteiger partial charge in [-0.3, -0.25) is 0 Å². The summed E-state index contributed by atoms with van der Waals surface area (Å²) in [6.45, 7) is 6.09. The minimum atomic E-state index is 0.199. The molecule has 1 aliphatic carbocycles. The monoisotopic (exact) mass is 271 g/mol. The lowest BCUT2D eigenvalue weighted by Gasteiger charge is -2.11. The summed E-state index contributed by atoms with van der Waals surface area (Å²) in [6.07, 6.45) is 4.83. The number of aryl methyl sites for hydroxylation is 1. The average molecular weight is 271 g/mol. The quantitative estimate of drug-likeness (QED) is 0.891. The van der Waals surface area contributed by atoms with E-state index in [4.69, 9.17) is 4.74 Å². The molecule has 4 heteroatoms. The number of hydrogen-bond acceptors (Lipinski definition) is 3. The molecule has 1 aromatic heterocycles. The van der Waals surface area contributed by atoms with Gasteiger partial charge in [-0.2, -0.15) is 0 Å². The van der Waals surface area contributed by atoms with E-state index in [1.807, 2.05) is 45.0 Å². The largest absolute Gasteiger partial charge is 0.491 e. The first-order valence-corrected chi connectivity index (χ1v) is 7.21. The van der Waals surface area contributed by atoms with Crippen LogP contribution in [0.4, 0.5) is 11.6 Å². The van der Waals surface area contributed by atoms with Gasteiger partial charge in [0.25, 0.3) is 0 Å². The van der Waals surface area contributed by atoms with Gasteiger partial charge < -0.3 is 14.6 Å². The Kier molecular flexibility index (Phi) is 3.38. The second-order valence-electron chi connectivity index (χ2n) is 5.66. The number of nitrogens with zero attached hydrogens (tertiary/aromatic N) is 2. The van der Waals surface area contributed by atoms with E-state index in [1.165, 1.54) is 12.8 Å². The molecule has 0 saturated heterocycles. The molecule has 1 aliphatic rings. The number of hydrogen-bond donors (Lipinski definition) is 1. The van der Waals surface area contributed by atoms with E-state index in [9.17, 15) is 0 Å². The second-order valence-corrected chi connectivity index (χ2v) is 5.66. The maximum Gasteiger partial charge on any atom is 0.207 e. The maximum atomic E-state index is 5.65. The molecular formula is C16H21N3O. The molecule has 20 heavy (non-hydrogen) atoms. The Morgan fingerprint density at radius 3 is 2.55 bits per heavy atom. The van der Waals surface area contributed by atoms with Crippen LogP contribution >= 0.6 is 0 Å². The number of rotatable bonds is 5. The van der Waals surface area contributed by atoms with Crippen molar-refractivity contribution >= 4 is 11.6 Å². The van der Waals surface area contributed by atoms with Gasteiger partial charge in [-0.25, -0.2) is 4.98 Å². The highest BCUT2D eigenvalue weighted by atomic mass is 16.5. The standard InChI is InChI=1S/C16H21N3O/c1-11(2)20-15-8-4-13(5-9-15)18-16-17-12(3)10-19(16)14-6-7-14/h4-5,8-11,14H,6-7H2,1-3H3,(H,17,18). The van der Waals surface area contributed by atoms with Gasteiger partial charge in [0.1, 0.15) is 5.75 Å². The maximum absolute atomic E-state index is 5.65. The molecular weight excluding hydrogens is 250 g/mol. The number of ether oxygens (including phenoxy) is 1. The zero-order valence-corrected chi connectivity index (χ0v) is 12.3. The van der Waals surface area contributed by atoms with Crippen LogP contribution in [0, 0.1) is 6.92 Å². The Hall–Kier alpha value is -1.97. The highest BCUT2D eigenvalue weighted by Gasteiger charge is 2.26. The van der Waals surface area contributed by atoms with Gasteiger partial charge in [-0.15, -0.1) is 0 Å². The van der Waals surface area contributed by atoms with E-state index < -0.39 is 0 Å². The van der Waals surface area contributed by atoms with Gasteiger partial charge in [0, 0.05) is 17.9 Å². The van der Waals surface area contributed by atoms with Crippen molar-refractivity contribution in [3.63, 3.8) is 0 Å². The zero-order valence-electron chi connectivity index (χ0n) is 12.3. The summed E-state index contributed by atoms with van der Waals surface area (Å²) >= 11 is 0. The van der Waals surface area contributed by atoms with Crippen molar-refractivity contribution in [2.24, 2.45) is 0 Å². The topological polar surface area (TPSA) is 39.1 Å². The third-order valence-electron chi connectivity index (χ3n) is 3.28. The van der Waals surface area contributed by atoms with Crippen LogP contribution in [0.2, 0.25) is 0 Å². The number of anilines is 2. The normalized spacial score (nSPS) is 14.6. The lowest BCUT2D eigenvalue weighted by atomic mass is 10.3. The average Bonchev–Trinajstić information content (AvgIpc) is 3.16. The number of imidazole rings is 1. The summed E-state index contributed by atoms with van der Waals surface area (Å²) in [5.41, 5.74) is 2.09. The van der Waals surface area contributed by atoms with Crippen molar-refractivity contribution in [3.05, 3.63) is 36.2 Å². The molecule has 1 N–H and O–H groups in total. The molecule has 1 aromatic carbocycles. The zero-order chi connectivity index (χ0) is 14.1. The molecule has 1 fully saturated rings. The van der Waals surface area contributed by atoms with Crippen molar-refractivity contribution in [3.8, 4) is 5.75 Å². The second kappa shape index (κ2) is 5.19. The van der Waals surface area contributed by atoms with Crippen LogP contribution in [-0.2, 0) is 0 Å². The summed E-state index contributed by atoms with van der Waals surface area (Å²) in [6, 6.07) is 8.65. The van der Waals surface area contributed by atoms with Gasteiger partial charge >= 0.3 is 0 Å². The van der Waals surface area contributed by atoms with Gasteiger partial charge in [0.2, 0.25) is 5.95 Å². The third kappa shape index (κ3) is 2.95. The molecule has 1 saturated carbocycles. The molecule has 4 nitrogen and oxygen atoms in total. The van der Waals surface area contributed by atoms with Crippen LogP contribution in [-0.4, -0.2) is 15.7 Å². The van der Waals surface area contributed by atoms with Gasteiger partial charge in [0.15, 0.2) is 0 Å². The number of nitrogens with one attached hydrogen (secondary N) is 1. The Labute approximate surface area is 119 Å². The fourth-order valence-electron chi connectivity index (χ4n) is 2.26. The summed E-state index contributed by atoms with van der Waals surface area (Å²) in [7, 11) is 0. The molecule has 0 radical (unpaired) electrons. The van der Waals surface area contributed by atoms with Crippen molar-refractivity contribution in [1.82, 2.24) is 9.55 Å². The minimum absolute atomic E-state index is 0.199. The summed E-state index contributed by atoms with van der Waals surface area (Å²) in [5.74, 6) is 1.83. The first-order chi connectivity index (χ1) is 9.61. The minimum Gasteiger partial charge on any atom is -0.491 e. The predicted molar refractivity (Wildman–Crippen MR) is 80.7 cm³/mol. The summed E-state index contributed by atoms with van der Waals surface area (Å²) in [5, 5.41) is 3.39. The molecule has 0 bridgehead atoms. The molecule has 0 unspecified atom stereocenters. The molecule has 3 rings (SSSR count). The van der Waals surface area contributed by atoms with Gasteiger partial charge in [0.05, 0.1) is 11.8 Å². The Morgan fingerprint density at radius 2 is 1.95 bits per heavy atom. The molecule has 2 aromatic rings. The van der Waals surface area contributed by atoms with Crippen LogP contribution in [0.3, 0.4) is 0 Å². The van der Waals surface area contributed by atoms with Crippen LogP contribution in [0.1, 0.15) is 38.4 Å². The number of aromatic nitrogens is 2. The number of benzene rings is 1. The van der Waals surface area contributed by atoms with E-state index in [2.05, 4.69) is 21.1 Å². The Morgan fingerprint density at radius 1 is 1.25 bits per heavy atom. The predicted octanol–water partition coefficient (Wildman–Crippen LogP) is 4.06.